The lowest BCUT2D eigenvalue weighted by molar-refractivity contribution is -0.245. The predicted molar refractivity (Wildman–Crippen MR) is 158 cm³/mol. The number of hydrogen-bond donors (Lipinski definition) is 4. The minimum atomic E-state index is -0.655. The Morgan fingerprint density at radius 3 is 2.56 bits per heavy atom. The minimum Gasteiger partial charge on any atom is -0.392 e. The van der Waals surface area contributed by atoms with Crippen LogP contribution in [0.15, 0.2) is 77.1 Å². The molecule has 2 heterocycles. The zero-order chi connectivity index (χ0) is 28.6. The van der Waals surface area contributed by atoms with Crippen LogP contribution in [-0.2, 0) is 25.7 Å². The molecule has 4 N–H and O–H groups in total. The zero-order valence-corrected chi connectivity index (χ0v) is 23.8. The number of hydrogen-bond acceptors (Lipinski definition) is 9. The number of thiazole rings is 1. The van der Waals surface area contributed by atoms with E-state index in [1.165, 1.54) is 0 Å². The number of benzene rings is 3. The number of carbonyl (C=O) groups is 2. The van der Waals surface area contributed by atoms with Crippen molar-refractivity contribution in [3.05, 3.63) is 89.5 Å². The molecule has 41 heavy (non-hydrogen) atoms. The van der Waals surface area contributed by atoms with Gasteiger partial charge in [0.15, 0.2) is 10.6 Å². The van der Waals surface area contributed by atoms with Crippen LogP contribution in [0.5, 0.6) is 0 Å². The normalized spacial score (nSPS) is 18.7. The van der Waals surface area contributed by atoms with Crippen molar-refractivity contribution in [3.63, 3.8) is 0 Å². The van der Waals surface area contributed by atoms with Crippen LogP contribution in [0.2, 0.25) is 0 Å². The van der Waals surface area contributed by atoms with Crippen molar-refractivity contribution in [1.29, 1.82) is 0 Å². The maximum atomic E-state index is 12.4. The molecule has 0 spiro atoms. The Kier molecular flexibility index (Phi) is 9.99. The third kappa shape index (κ3) is 7.91. The van der Waals surface area contributed by atoms with Crippen LogP contribution in [0.1, 0.15) is 54.8 Å². The summed E-state index contributed by atoms with van der Waals surface area (Å²) in [5.41, 5.74) is 5.76. The van der Waals surface area contributed by atoms with Crippen molar-refractivity contribution in [2.45, 2.75) is 55.1 Å². The van der Waals surface area contributed by atoms with Crippen molar-refractivity contribution < 1.29 is 29.4 Å². The van der Waals surface area contributed by atoms with E-state index >= 15 is 0 Å². The first-order valence-corrected chi connectivity index (χ1v) is 15.1. The van der Waals surface area contributed by atoms with Gasteiger partial charge >= 0.3 is 0 Å². The van der Waals surface area contributed by atoms with E-state index < -0.39 is 12.2 Å². The molecule has 0 saturated carbocycles. The molecule has 0 aliphatic carbocycles. The number of aliphatic hydroxyl groups excluding tert-OH is 1. The van der Waals surface area contributed by atoms with Gasteiger partial charge in [-0.25, -0.2) is 10.5 Å². The molecule has 1 aromatic heterocycles. The molecule has 214 valence electrons. The van der Waals surface area contributed by atoms with Crippen LogP contribution in [0.4, 0.5) is 5.69 Å². The van der Waals surface area contributed by atoms with Gasteiger partial charge in [-0.3, -0.25) is 14.8 Å². The minimum absolute atomic E-state index is 0.0217. The number of carbonyl (C=O) groups excluding carboxylic acids is 2. The number of aliphatic hydroxyl groups is 1. The van der Waals surface area contributed by atoms with Crippen LogP contribution in [0.25, 0.3) is 10.2 Å². The molecule has 3 unspecified atom stereocenters. The molecule has 0 radical (unpaired) electrons. The van der Waals surface area contributed by atoms with E-state index in [1.54, 1.807) is 34.6 Å². The fourth-order valence-corrected chi connectivity index (χ4v) is 6.66. The molecular weight excluding hydrogens is 562 g/mol. The van der Waals surface area contributed by atoms with Gasteiger partial charge in [-0.15, -0.1) is 11.3 Å². The Morgan fingerprint density at radius 2 is 1.78 bits per heavy atom. The smallest absolute Gasteiger partial charge is 0.243 e. The lowest BCUT2D eigenvalue weighted by Crippen LogP contribution is -2.31. The number of nitrogens with one attached hydrogen (secondary N) is 2. The molecule has 2 amide bonds. The standard InChI is InChI=1S/C30H31N3O6S2/c34-17-19-11-13-20(14-12-19)25-16-23(18-40-30-32-24-7-1-2-8-26(24)41-30)38-29(39-25)21-5-3-6-22(15-21)31-27(35)9-4-10-28(36)33-37/h1-3,5-8,11-15,23,25,29,34,37H,4,9-10,16-18H2,(H,31,35)(H,33,36). The highest BCUT2D eigenvalue weighted by Gasteiger charge is 2.32. The van der Waals surface area contributed by atoms with Gasteiger partial charge in [-0.05, 0) is 41.8 Å². The molecule has 1 saturated heterocycles. The molecule has 1 fully saturated rings. The Labute approximate surface area is 245 Å². The first kappa shape index (κ1) is 29.2. The van der Waals surface area contributed by atoms with Gasteiger partial charge in [-0.2, -0.15) is 0 Å². The maximum Gasteiger partial charge on any atom is 0.243 e. The van der Waals surface area contributed by atoms with E-state index in [1.807, 2.05) is 60.7 Å². The second kappa shape index (κ2) is 14.0. The van der Waals surface area contributed by atoms with Gasteiger partial charge in [0, 0.05) is 36.3 Å². The number of fused-ring (bicyclic) bond motifs is 1. The largest absolute Gasteiger partial charge is 0.392 e. The van der Waals surface area contributed by atoms with E-state index in [2.05, 4.69) is 11.4 Å². The Morgan fingerprint density at radius 1 is 0.976 bits per heavy atom. The average Bonchev–Trinajstić information content (AvgIpc) is 3.43. The fraction of sp³-hybridized carbons (Fsp3) is 0.300. The number of rotatable bonds is 11. The van der Waals surface area contributed by atoms with Gasteiger partial charge in [-0.1, -0.05) is 60.3 Å². The summed E-state index contributed by atoms with van der Waals surface area (Å²) in [7, 11) is 0. The number of aromatic nitrogens is 1. The Hall–Kier alpha value is -3.32. The first-order valence-electron chi connectivity index (χ1n) is 13.3. The highest BCUT2D eigenvalue weighted by Crippen LogP contribution is 2.40. The number of thioether (sulfide) groups is 1. The van der Waals surface area contributed by atoms with E-state index in [-0.39, 0.29) is 37.6 Å². The summed E-state index contributed by atoms with van der Waals surface area (Å²) < 4.78 is 15.0. The predicted octanol–water partition coefficient (Wildman–Crippen LogP) is 5.74. The number of nitrogens with zero attached hydrogens (tertiary/aromatic N) is 1. The highest BCUT2D eigenvalue weighted by atomic mass is 32.2. The molecule has 1 aliphatic heterocycles. The molecular formula is C30H31N3O6S2. The zero-order valence-electron chi connectivity index (χ0n) is 22.2. The van der Waals surface area contributed by atoms with Crippen molar-refractivity contribution in [3.8, 4) is 0 Å². The van der Waals surface area contributed by atoms with Crippen molar-refractivity contribution in [2.24, 2.45) is 0 Å². The van der Waals surface area contributed by atoms with Crippen LogP contribution in [0.3, 0.4) is 0 Å². The van der Waals surface area contributed by atoms with E-state index in [9.17, 15) is 14.7 Å². The molecule has 11 heteroatoms. The Balaban J connectivity index is 1.29. The maximum absolute atomic E-state index is 12.4. The molecule has 0 bridgehead atoms. The molecule has 9 nitrogen and oxygen atoms in total. The summed E-state index contributed by atoms with van der Waals surface area (Å²) in [4.78, 5) is 28.3. The van der Waals surface area contributed by atoms with E-state index in [0.29, 0.717) is 24.3 Å². The van der Waals surface area contributed by atoms with Gasteiger partial charge in [0.2, 0.25) is 11.8 Å². The quantitative estimate of drug-likeness (QED) is 0.0984. The topological polar surface area (TPSA) is 130 Å². The van der Waals surface area contributed by atoms with E-state index in [0.717, 1.165) is 31.2 Å². The van der Waals surface area contributed by atoms with Gasteiger partial charge < -0.3 is 19.9 Å². The second-order valence-corrected chi connectivity index (χ2v) is 12.0. The van der Waals surface area contributed by atoms with Crippen LogP contribution >= 0.6 is 23.1 Å². The van der Waals surface area contributed by atoms with Crippen LogP contribution in [0, 0.1) is 0 Å². The third-order valence-corrected chi connectivity index (χ3v) is 8.97. The highest BCUT2D eigenvalue weighted by molar-refractivity contribution is 8.01. The summed E-state index contributed by atoms with van der Waals surface area (Å²) >= 11 is 3.34. The average molecular weight is 594 g/mol. The summed E-state index contributed by atoms with van der Waals surface area (Å²) in [5, 5.41) is 20.9. The monoisotopic (exact) mass is 593 g/mol. The Bertz CT molecular complexity index is 1450. The third-order valence-electron chi connectivity index (χ3n) is 6.66. The van der Waals surface area contributed by atoms with Gasteiger partial charge in [0.05, 0.1) is 29.0 Å². The summed E-state index contributed by atoms with van der Waals surface area (Å²) in [6.45, 7) is -0.0217. The molecule has 3 atom stereocenters. The fourth-order valence-electron chi connectivity index (χ4n) is 4.55. The summed E-state index contributed by atoms with van der Waals surface area (Å²) in [5.74, 6) is -0.0592. The van der Waals surface area contributed by atoms with Crippen molar-refractivity contribution in [2.75, 3.05) is 11.1 Å². The number of ether oxygens (including phenoxy) is 2. The van der Waals surface area contributed by atoms with Crippen molar-refractivity contribution in [1.82, 2.24) is 10.5 Å². The van der Waals surface area contributed by atoms with Crippen LogP contribution in [-0.4, -0.2) is 39.0 Å². The lowest BCUT2D eigenvalue weighted by Gasteiger charge is -2.36. The number of hydroxylamine groups is 1. The second-order valence-electron chi connectivity index (χ2n) is 9.67. The molecule has 5 rings (SSSR count). The number of anilines is 1. The molecule has 3 aromatic carbocycles. The summed E-state index contributed by atoms with van der Waals surface area (Å²) in [6.07, 6.45) is 0.179. The molecule has 4 aromatic rings. The number of amides is 2. The van der Waals surface area contributed by atoms with Gasteiger partial charge in [0.25, 0.3) is 0 Å². The van der Waals surface area contributed by atoms with Crippen LogP contribution < -0.4 is 10.8 Å². The summed E-state index contributed by atoms with van der Waals surface area (Å²) in [6, 6.07) is 23.2. The lowest BCUT2D eigenvalue weighted by atomic mass is 10.0. The SMILES string of the molecule is O=C(CCCC(=O)Nc1cccc(C2OC(CSc3nc4ccccc4s3)CC(c3ccc(CO)cc3)O2)c1)NO. The number of para-hydroxylation sites is 1. The van der Waals surface area contributed by atoms with Crippen molar-refractivity contribution >= 4 is 50.8 Å². The van der Waals surface area contributed by atoms with E-state index in [4.69, 9.17) is 19.7 Å². The van der Waals surface area contributed by atoms with Gasteiger partial charge in [0.1, 0.15) is 0 Å². The first-order chi connectivity index (χ1) is 20.0. The molecule has 1 aliphatic rings.